The number of sulfonamides is 1. The molecule has 3 rings (SSSR count). The Hall–Kier alpha value is -2.01. The summed E-state index contributed by atoms with van der Waals surface area (Å²) in [5.74, 6) is 0.414. The van der Waals surface area contributed by atoms with Crippen molar-refractivity contribution < 1.29 is 13.2 Å². The summed E-state index contributed by atoms with van der Waals surface area (Å²) < 4.78 is 23.7. The highest BCUT2D eigenvalue weighted by Crippen LogP contribution is 2.15. The van der Waals surface area contributed by atoms with Crippen LogP contribution in [0.15, 0.2) is 24.3 Å². The van der Waals surface area contributed by atoms with Crippen molar-refractivity contribution in [3.8, 4) is 5.69 Å². The molecule has 1 saturated heterocycles. The Morgan fingerprint density at radius 2 is 1.81 bits per heavy atom. The number of amides is 1. The second-order valence-corrected chi connectivity index (χ2v) is 8.54. The fourth-order valence-electron chi connectivity index (χ4n) is 2.88. The summed E-state index contributed by atoms with van der Waals surface area (Å²) in [7, 11) is -3.48. The van der Waals surface area contributed by atoms with Crippen LogP contribution in [0.1, 0.15) is 16.4 Å². The van der Waals surface area contributed by atoms with Crippen molar-refractivity contribution in [2.24, 2.45) is 5.14 Å². The molecule has 1 aromatic carbocycles. The lowest BCUT2D eigenvalue weighted by Crippen LogP contribution is -2.50. The minimum Gasteiger partial charge on any atom is -0.333 e. The molecule has 146 valence electrons. The van der Waals surface area contributed by atoms with E-state index >= 15 is 0 Å². The first-order valence-corrected chi connectivity index (χ1v) is 10.5. The lowest BCUT2D eigenvalue weighted by molar-refractivity contribution is 0.0632. The summed E-state index contributed by atoms with van der Waals surface area (Å²) in [6, 6.07) is 7.12. The number of hydrogen-bond acceptors (Lipinski definition) is 6. The zero-order valence-corrected chi connectivity index (χ0v) is 16.4. The van der Waals surface area contributed by atoms with E-state index in [0.717, 1.165) is 5.69 Å². The number of benzene rings is 1. The van der Waals surface area contributed by atoms with Gasteiger partial charge in [0.2, 0.25) is 15.8 Å². The number of primary sulfonamides is 1. The number of aryl methyl sites for hydroxylation is 1. The molecule has 0 spiro atoms. The molecule has 2 aromatic rings. The van der Waals surface area contributed by atoms with E-state index in [9.17, 15) is 13.2 Å². The zero-order chi connectivity index (χ0) is 19.6. The van der Waals surface area contributed by atoms with Crippen LogP contribution >= 0.6 is 11.6 Å². The van der Waals surface area contributed by atoms with Gasteiger partial charge in [-0.3, -0.25) is 9.69 Å². The highest BCUT2D eigenvalue weighted by molar-refractivity contribution is 7.89. The van der Waals surface area contributed by atoms with Gasteiger partial charge >= 0.3 is 0 Å². The summed E-state index contributed by atoms with van der Waals surface area (Å²) in [5, 5.41) is 9.98. The quantitative estimate of drug-likeness (QED) is 0.754. The van der Waals surface area contributed by atoms with Gasteiger partial charge in [0.1, 0.15) is 5.82 Å². The highest BCUT2D eigenvalue weighted by atomic mass is 35.5. The van der Waals surface area contributed by atoms with E-state index in [1.54, 1.807) is 28.6 Å². The van der Waals surface area contributed by atoms with Gasteiger partial charge < -0.3 is 4.90 Å². The Bertz CT molecular complexity index is 920. The molecule has 1 fully saturated rings. The van der Waals surface area contributed by atoms with E-state index in [-0.39, 0.29) is 17.5 Å². The van der Waals surface area contributed by atoms with Crippen LogP contribution in [0.3, 0.4) is 0 Å². The number of hydrogen-bond donors (Lipinski definition) is 1. The molecule has 1 aliphatic rings. The maximum absolute atomic E-state index is 12.7. The van der Waals surface area contributed by atoms with Crippen molar-refractivity contribution in [2.75, 3.05) is 38.5 Å². The Labute approximate surface area is 162 Å². The van der Waals surface area contributed by atoms with Gasteiger partial charge in [0, 0.05) is 37.7 Å². The number of piperazine rings is 1. The minimum atomic E-state index is -3.48. The van der Waals surface area contributed by atoms with Crippen molar-refractivity contribution in [3.05, 3.63) is 40.9 Å². The maximum Gasteiger partial charge on any atom is 0.293 e. The van der Waals surface area contributed by atoms with Crippen LogP contribution in [-0.2, 0) is 10.0 Å². The predicted octanol–water partition coefficient (Wildman–Crippen LogP) is 0.275. The zero-order valence-electron chi connectivity index (χ0n) is 14.9. The lowest BCUT2D eigenvalue weighted by atomic mass is 10.3. The number of rotatable bonds is 5. The molecule has 1 aromatic heterocycles. The van der Waals surface area contributed by atoms with Crippen molar-refractivity contribution in [1.82, 2.24) is 24.6 Å². The molecular weight excluding hydrogens is 392 g/mol. The topological polar surface area (TPSA) is 114 Å². The third-order valence-electron chi connectivity index (χ3n) is 4.38. The normalized spacial score (nSPS) is 15.9. The van der Waals surface area contributed by atoms with E-state index < -0.39 is 10.0 Å². The Kier molecular flexibility index (Phi) is 5.80. The lowest BCUT2D eigenvalue weighted by Gasteiger charge is -2.33. The number of carbonyl (C=O) groups is 1. The molecule has 0 saturated carbocycles. The third-order valence-corrected chi connectivity index (χ3v) is 5.39. The molecule has 9 nitrogen and oxygen atoms in total. The van der Waals surface area contributed by atoms with Crippen LogP contribution in [-0.4, -0.2) is 77.4 Å². The number of carbonyl (C=O) groups excluding carboxylic acids is 1. The van der Waals surface area contributed by atoms with E-state index in [2.05, 4.69) is 10.1 Å². The van der Waals surface area contributed by atoms with Crippen LogP contribution < -0.4 is 5.14 Å². The average Bonchev–Trinajstić information content (AvgIpc) is 3.01. The van der Waals surface area contributed by atoms with Crippen LogP contribution in [0.4, 0.5) is 0 Å². The van der Waals surface area contributed by atoms with Crippen LogP contribution in [0.25, 0.3) is 5.69 Å². The summed E-state index contributed by atoms with van der Waals surface area (Å²) in [6.07, 6.45) is 0. The van der Waals surface area contributed by atoms with Crippen molar-refractivity contribution in [3.63, 3.8) is 0 Å². The third kappa shape index (κ3) is 5.04. The number of aromatic nitrogens is 3. The van der Waals surface area contributed by atoms with Crippen molar-refractivity contribution in [1.29, 1.82) is 0 Å². The van der Waals surface area contributed by atoms with Crippen LogP contribution in [0, 0.1) is 6.92 Å². The SMILES string of the molecule is Cc1nc(C(=O)N2CCN(CCS(N)(=O)=O)CC2)nn1-c1ccc(Cl)cc1. The largest absolute Gasteiger partial charge is 0.333 e. The van der Waals surface area contributed by atoms with E-state index in [0.29, 0.717) is 43.6 Å². The molecule has 2 N–H and O–H groups in total. The van der Waals surface area contributed by atoms with E-state index in [1.807, 2.05) is 17.0 Å². The molecule has 0 bridgehead atoms. The highest BCUT2D eigenvalue weighted by Gasteiger charge is 2.26. The monoisotopic (exact) mass is 412 g/mol. The van der Waals surface area contributed by atoms with Gasteiger partial charge in [0.05, 0.1) is 11.4 Å². The summed E-state index contributed by atoms with van der Waals surface area (Å²) in [4.78, 5) is 20.6. The van der Waals surface area contributed by atoms with Crippen LogP contribution in [0.5, 0.6) is 0 Å². The first-order chi connectivity index (χ1) is 12.7. The Morgan fingerprint density at radius 1 is 1.19 bits per heavy atom. The molecule has 27 heavy (non-hydrogen) atoms. The maximum atomic E-state index is 12.7. The summed E-state index contributed by atoms with van der Waals surface area (Å²) in [6.45, 7) is 4.28. The van der Waals surface area contributed by atoms with Gasteiger partial charge in [-0.05, 0) is 31.2 Å². The molecule has 1 amide bonds. The molecule has 0 aliphatic carbocycles. The molecule has 2 heterocycles. The van der Waals surface area contributed by atoms with Gasteiger partial charge in [-0.2, -0.15) is 0 Å². The smallest absolute Gasteiger partial charge is 0.293 e. The molecule has 0 unspecified atom stereocenters. The summed E-state index contributed by atoms with van der Waals surface area (Å²) in [5.41, 5.74) is 0.774. The number of halogens is 1. The minimum absolute atomic E-state index is 0.0901. The molecule has 11 heteroatoms. The first kappa shape index (κ1) is 19.7. The van der Waals surface area contributed by atoms with Crippen LogP contribution in [0.2, 0.25) is 5.02 Å². The number of nitrogens with two attached hydrogens (primary N) is 1. The number of nitrogens with zero attached hydrogens (tertiary/aromatic N) is 5. The summed E-state index contributed by atoms with van der Waals surface area (Å²) >= 11 is 5.90. The predicted molar refractivity (Wildman–Crippen MR) is 101 cm³/mol. The van der Waals surface area contributed by atoms with E-state index in [1.165, 1.54) is 0 Å². The molecule has 0 atom stereocenters. The first-order valence-electron chi connectivity index (χ1n) is 8.44. The Balaban J connectivity index is 1.64. The second-order valence-electron chi connectivity index (χ2n) is 6.37. The van der Waals surface area contributed by atoms with Gasteiger partial charge in [-0.1, -0.05) is 11.6 Å². The average molecular weight is 413 g/mol. The second kappa shape index (κ2) is 7.93. The van der Waals surface area contributed by atoms with Crippen molar-refractivity contribution in [2.45, 2.75) is 6.92 Å². The van der Waals surface area contributed by atoms with E-state index in [4.69, 9.17) is 16.7 Å². The van der Waals surface area contributed by atoms with Gasteiger partial charge in [-0.25, -0.2) is 23.2 Å². The molecule has 0 radical (unpaired) electrons. The standard InChI is InChI=1S/C16H21ClN6O3S/c1-12-19-15(20-23(12)14-4-2-13(17)3-5-14)16(24)22-8-6-21(7-9-22)10-11-27(18,25)26/h2-5H,6-11H2,1H3,(H2,18,25,26). The van der Waals surface area contributed by atoms with Gasteiger partial charge in [-0.15, -0.1) is 5.10 Å². The van der Waals surface area contributed by atoms with Gasteiger partial charge in [0.15, 0.2) is 0 Å². The Morgan fingerprint density at radius 3 is 2.41 bits per heavy atom. The van der Waals surface area contributed by atoms with Crippen molar-refractivity contribution >= 4 is 27.5 Å². The fourth-order valence-corrected chi connectivity index (χ4v) is 3.52. The molecular formula is C16H21ClN6O3S. The molecule has 1 aliphatic heterocycles. The van der Waals surface area contributed by atoms with Gasteiger partial charge in [0.25, 0.3) is 5.91 Å². The fraction of sp³-hybridized carbons (Fsp3) is 0.438.